The largest absolute Gasteiger partial charge is 0.351 e. The first-order chi connectivity index (χ1) is 9.53. The van der Waals surface area contributed by atoms with Crippen molar-refractivity contribution < 1.29 is 13.2 Å². The van der Waals surface area contributed by atoms with Crippen LogP contribution in [0.5, 0.6) is 0 Å². The van der Waals surface area contributed by atoms with Crippen molar-refractivity contribution in [3.05, 3.63) is 35.9 Å². The average Bonchev–Trinajstić information content (AvgIpc) is 2.44. The molecule has 5 nitrogen and oxygen atoms in total. The van der Waals surface area contributed by atoms with Gasteiger partial charge in [0.05, 0.1) is 12.3 Å². The summed E-state index contributed by atoms with van der Waals surface area (Å²) >= 11 is 5.48. The van der Waals surface area contributed by atoms with Crippen LogP contribution in [-0.2, 0) is 21.4 Å². The summed E-state index contributed by atoms with van der Waals surface area (Å²) in [6.45, 7) is 0.143. The van der Waals surface area contributed by atoms with Gasteiger partial charge in [0, 0.05) is 12.4 Å². The summed E-state index contributed by atoms with van der Waals surface area (Å²) in [7, 11) is -3.40. The van der Waals surface area contributed by atoms with E-state index in [2.05, 4.69) is 10.0 Å². The topological polar surface area (TPSA) is 75.3 Å². The molecule has 0 heterocycles. The number of nitrogens with one attached hydrogen (secondary N) is 2. The number of rotatable bonds is 9. The predicted molar refractivity (Wildman–Crippen MR) is 80.0 cm³/mol. The first-order valence-electron chi connectivity index (χ1n) is 6.37. The second-order valence-corrected chi connectivity index (χ2v) is 6.60. The van der Waals surface area contributed by atoms with E-state index in [1.807, 2.05) is 30.3 Å². The van der Waals surface area contributed by atoms with Crippen molar-refractivity contribution in [3.8, 4) is 0 Å². The molecule has 0 saturated carbocycles. The van der Waals surface area contributed by atoms with Crippen molar-refractivity contribution in [1.82, 2.24) is 10.0 Å². The first-order valence-corrected chi connectivity index (χ1v) is 8.56. The Labute approximate surface area is 124 Å². The zero-order valence-electron chi connectivity index (χ0n) is 11.1. The predicted octanol–water partition coefficient (Wildman–Crippen LogP) is 1.24. The van der Waals surface area contributed by atoms with Crippen molar-refractivity contribution in [3.63, 3.8) is 0 Å². The average molecular weight is 319 g/mol. The maximum absolute atomic E-state index is 11.5. The van der Waals surface area contributed by atoms with Gasteiger partial charge in [0.1, 0.15) is 0 Å². The summed E-state index contributed by atoms with van der Waals surface area (Å²) in [6.07, 6.45) is 1.13. The fraction of sp³-hybridized carbons (Fsp3) is 0.462. The molecule has 1 aromatic rings. The molecule has 0 aliphatic carbocycles. The Kier molecular flexibility index (Phi) is 7.58. The van der Waals surface area contributed by atoms with Crippen LogP contribution in [0, 0.1) is 0 Å². The summed E-state index contributed by atoms with van der Waals surface area (Å²) in [5, 5.41) is 2.65. The van der Waals surface area contributed by atoms with Gasteiger partial charge in [0.2, 0.25) is 15.9 Å². The van der Waals surface area contributed by atoms with E-state index in [4.69, 9.17) is 11.6 Å². The fourth-order valence-electron chi connectivity index (χ4n) is 1.49. The Morgan fingerprint density at radius 1 is 1.15 bits per heavy atom. The van der Waals surface area contributed by atoms with Gasteiger partial charge in [-0.2, -0.15) is 0 Å². The minimum Gasteiger partial charge on any atom is -0.351 e. The lowest BCUT2D eigenvalue weighted by Crippen LogP contribution is -2.37. The van der Waals surface area contributed by atoms with Gasteiger partial charge in [-0.15, -0.1) is 11.6 Å². The molecule has 1 aromatic carbocycles. The zero-order chi connectivity index (χ0) is 14.8. The first kappa shape index (κ1) is 16.9. The van der Waals surface area contributed by atoms with Crippen molar-refractivity contribution in [2.75, 3.05) is 18.2 Å². The lowest BCUT2D eigenvalue weighted by Gasteiger charge is -2.07. The second-order valence-electron chi connectivity index (χ2n) is 4.30. The third-order valence-electron chi connectivity index (χ3n) is 2.58. The third kappa shape index (κ3) is 7.47. The molecule has 0 aliphatic rings. The molecule has 1 amide bonds. The highest BCUT2D eigenvalue weighted by Crippen LogP contribution is 1.98. The Bertz CT molecular complexity index is 506. The van der Waals surface area contributed by atoms with E-state index in [0.29, 0.717) is 25.3 Å². The van der Waals surface area contributed by atoms with Gasteiger partial charge >= 0.3 is 0 Å². The van der Waals surface area contributed by atoms with Crippen LogP contribution in [0.1, 0.15) is 18.4 Å². The van der Waals surface area contributed by atoms with Crippen LogP contribution >= 0.6 is 11.6 Å². The molecule has 0 spiro atoms. The Hall–Kier alpha value is -1.11. The highest BCUT2D eigenvalue weighted by Gasteiger charge is 2.11. The molecule has 0 atom stereocenters. The van der Waals surface area contributed by atoms with E-state index in [1.54, 1.807) is 0 Å². The van der Waals surface area contributed by atoms with Crippen LogP contribution in [0.4, 0.5) is 0 Å². The SMILES string of the molecule is O=C(CNS(=O)(=O)CCCCCl)NCc1ccccc1. The molecule has 1 rings (SSSR count). The zero-order valence-corrected chi connectivity index (χ0v) is 12.7. The number of carbonyl (C=O) groups excluding carboxylic acids is 1. The highest BCUT2D eigenvalue weighted by molar-refractivity contribution is 7.89. The van der Waals surface area contributed by atoms with Gasteiger partial charge in [-0.25, -0.2) is 13.1 Å². The van der Waals surface area contributed by atoms with Crippen LogP contribution in [0.15, 0.2) is 30.3 Å². The number of amides is 1. The van der Waals surface area contributed by atoms with Crippen LogP contribution in [0.3, 0.4) is 0 Å². The van der Waals surface area contributed by atoms with E-state index in [9.17, 15) is 13.2 Å². The minimum absolute atomic E-state index is 0.00825. The molecule has 0 fully saturated rings. The Morgan fingerprint density at radius 2 is 1.85 bits per heavy atom. The molecule has 20 heavy (non-hydrogen) atoms. The summed E-state index contributed by atoms with van der Waals surface area (Å²) in [5.74, 6) is 0.0773. The maximum Gasteiger partial charge on any atom is 0.235 e. The summed E-state index contributed by atoms with van der Waals surface area (Å²) in [4.78, 5) is 11.5. The molecule has 0 radical (unpaired) electrons. The Balaban J connectivity index is 2.25. The molecule has 0 aliphatic heterocycles. The lowest BCUT2D eigenvalue weighted by molar-refractivity contribution is -0.120. The van der Waals surface area contributed by atoms with Crippen LogP contribution in [-0.4, -0.2) is 32.5 Å². The second kappa shape index (κ2) is 8.94. The van der Waals surface area contributed by atoms with Gasteiger partial charge in [-0.05, 0) is 18.4 Å². The number of carbonyl (C=O) groups is 1. The standard InChI is InChI=1S/C13H19ClN2O3S/c14-8-4-5-9-20(18,19)16-11-13(17)15-10-12-6-2-1-3-7-12/h1-3,6-7,16H,4-5,8-11H2,(H,15,17). The van der Waals surface area contributed by atoms with Gasteiger partial charge < -0.3 is 5.32 Å². The molecule has 0 unspecified atom stereocenters. The van der Waals surface area contributed by atoms with E-state index in [1.165, 1.54) is 0 Å². The lowest BCUT2D eigenvalue weighted by atomic mass is 10.2. The van der Waals surface area contributed by atoms with E-state index >= 15 is 0 Å². The molecule has 0 aromatic heterocycles. The monoisotopic (exact) mass is 318 g/mol. The molecule has 2 N–H and O–H groups in total. The van der Waals surface area contributed by atoms with Gasteiger partial charge in [0.25, 0.3) is 0 Å². The number of hydrogen-bond donors (Lipinski definition) is 2. The summed E-state index contributed by atoms with van der Waals surface area (Å²) in [5.41, 5.74) is 0.964. The van der Waals surface area contributed by atoms with Crippen LogP contribution in [0.2, 0.25) is 0 Å². The van der Waals surface area contributed by atoms with Crippen molar-refractivity contribution in [1.29, 1.82) is 0 Å². The normalized spacial score (nSPS) is 11.2. The molecule has 0 bridgehead atoms. The number of halogens is 1. The summed E-state index contributed by atoms with van der Waals surface area (Å²) < 4.78 is 25.4. The summed E-state index contributed by atoms with van der Waals surface area (Å²) in [6, 6.07) is 9.41. The van der Waals surface area contributed by atoms with Crippen molar-refractivity contribution >= 4 is 27.5 Å². The molecule has 7 heteroatoms. The number of alkyl halides is 1. The fourth-order valence-corrected chi connectivity index (χ4v) is 2.76. The smallest absolute Gasteiger partial charge is 0.235 e. The molecule has 112 valence electrons. The van der Waals surface area contributed by atoms with Crippen LogP contribution < -0.4 is 10.0 Å². The van der Waals surface area contributed by atoms with E-state index < -0.39 is 10.0 Å². The number of benzene rings is 1. The van der Waals surface area contributed by atoms with E-state index in [-0.39, 0.29) is 18.2 Å². The maximum atomic E-state index is 11.5. The quantitative estimate of drug-likeness (QED) is 0.531. The number of sulfonamides is 1. The molecule has 0 saturated heterocycles. The van der Waals surface area contributed by atoms with Crippen molar-refractivity contribution in [2.45, 2.75) is 19.4 Å². The van der Waals surface area contributed by atoms with Gasteiger partial charge in [0.15, 0.2) is 0 Å². The third-order valence-corrected chi connectivity index (χ3v) is 4.26. The molecular formula is C13H19ClN2O3S. The van der Waals surface area contributed by atoms with Gasteiger partial charge in [-0.3, -0.25) is 4.79 Å². The van der Waals surface area contributed by atoms with Crippen molar-refractivity contribution in [2.24, 2.45) is 0 Å². The highest BCUT2D eigenvalue weighted by atomic mass is 35.5. The van der Waals surface area contributed by atoms with Crippen LogP contribution in [0.25, 0.3) is 0 Å². The number of hydrogen-bond acceptors (Lipinski definition) is 3. The number of unbranched alkanes of at least 4 members (excludes halogenated alkanes) is 1. The minimum atomic E-state index is -3.40. The Morgan fingerprint density at radius 3 is 2.50 bits per heavy atom. The van der Waals surface area contributed by atoms with Gasteiger partial charge in [-0.1, -0.05) is 30.3 Å². The van der Waals surface area contributed by atoms with E-state index in [0.717, 1.165) is 5.56 Å². The molecular weight excluding hydrogens is 300 g/mol.